The van der Waals surface area contributed by atoms with Gasteiger partial charge in [0.25, 0.3) is 0 Å². The highest BCUT2D eigenvalue weighted by Crippen LogP contribution is 2.37. The van der Waals surface area contributed by atoms with Crippen molar-refractivity contribution >= 4 is 17.7 Å². The number of rotatable bonds is 4. The predicted molar refractivity (Wildman–Crippen MR) is 87.1 cm³/mol. The van der Waals surface area contributed by atoms with Crippen LogP contribution in [0.15, 0.2) is 12.3 Å². The molecule has 0 spiro atoms. The summed E-state index contributed by atoms with van der Waals surface area (Å²) in [6.45, 7) is 11.0. The van der Waals surface area contributed by atoms with Crippen molar-refractivity contribution in [3.63, 3.8) is 0 Å². The van der Waals surface area contributed by atoms with Crippen LogP contribution in [0.4, 0.5) is 4.79 Å². The lowest BCUT2D eigenvalue weighted by Crippen LogP contribution is -2.49. The zero-order chi connectivity index (χ0) is 17.2. The number of hydrogen-bond donors (Lipinski definition) is 2. The maximum atomic E-state index is 11.8. The summed E-state index contributed by atoms with van der Waals surface area (Å²) in [5.41, 5.74) is 0.506. The van der Waals surface area contributed by atoms with E-state index in [1.165, 1.54) is 11.1 Å². The van der Waals surface area contributed by atoms with Crippen molar-refractivity contribution in [2.45, 2.75) is 59.2 Å². The van der Waals surface area contributed by atoms with Crippen molar-refractivity contribution in [3.05, 3.63) is 28.5 Å². The standard InChI is InChI=1S/C16H25ClN2O3/c1-9(2)14(19(15(21)22)16(4,5)6)13-12(10(3)20)7-11(17)8-18-13/h7-10,14,20H,1-6H3,(H,21,22)/t10?,14-/m0/s1. The molecule has 0 aliphatic heterocycles. The number of nitrogens with zero attached hydrogens (tertiary/aromatic N) is 2. The third-order valence-corrected chi connectivity index (χ3v) is 3.69. The fraction of sp³-hybridized carbons (Fsp3) is 0.625. The van der Waals surface area contributed by atoms with Crippen LogP contribution in [0.5, 0.6) is 0 Å². The van der Waals surface area contributed by atoms with Crippen LogP contribution >= 0.6 is 11.6 Å². The summed E-state index contributed by atoms with van der Waals surface area (Å²) in [5.74, 6) is -0.0125. The number of amides is 1. The molecular formula is C16H25ClN2O3. The predicted octanol–water partition coefficient (Wildman–Crippen LogP) is 4.26. The van der Waals surface area contributed by atoms with Gasteiger partial charge in [-0.1, -0.05) is 25.4 Å². The summed E-state index contributed by atoms with van der Waals surface area (Å²) in [5, 5.41) is 20.1. The van der Waals surface area contributed by atoms with Gasteiger partial charge < -0.3 is 10.2 Å². The zero-order valence-electron chi connectivity index (χ0n) is 14.0. The molecule has 0 bridgehead atoms. The van der Waals surface area contributed by atoms with E-state index in [-0.39, 0.29) is 5.92 Å². The molecule has 0 aliphatic rings. The van der Waals surface area contributed by atoms with Gasteiger partial charge in [-0.25, -0.2) is 4.79 Å². The van der Waals surface area contributed by atoms with Crippen molar-refractivity contribution in [2.75, 3.05) is 0 Å². The molecule has 0 saturated carbocycles. The second kappa shape index (κ2) is 6.84. The van der Waals surface area contributed by atoms with Crippen LogP contribution < -0.4 is 0 Å². The summed E-state index contributed by atoms with van der Waals surface area (Å²) < 4.78 is 0. The molecule has 0 fully saturated rings. The molecule has 124 valence electrons. The molecule has 1 heterocycles. The van der Waals surface area contributed by atoms with Crippen LogP contribution in [0.25, 0.3) is 0 Å². The normalized spacial score (nSPS) is 14.8. The average molecular weight is 329 g/mol. The van der Waals surface area contributed by atoms with Crippen molar-refractivity contribution in [1.82, 2.24) is 9.88 Å². The van der Waals surface area contributed by atoms with Crippen LogP contribution in [0.2, 0.25) is 5.02 Å². The third kappa shape index (κ3) is 4.11. The van der Waals surface area contributed by atoms with E-state index in [0.717, 1.165) is 0 Å². The highest BCUT2D eigenvalue weighted by atomic mass is 35.5. The van der Waals surface area contributed by atoms with E-state index < -0.39 is 23.8 Å². The molecule has 1 unspecified atom stereocenters. The van der Waals surface area contributed by atoms with E-state index in [2.05, 4.69) is 4.98 Å². The Bertz CT molecular complexity index is 539. The molecule has 2 atom stereocenters. The molecule has 0 aromatic carbocycles. The molecule has 0 saturated heterocycles. The first kappa shape index (κ1) is 18.7. The molecule has 22 heavy (non-hydrogen) atoms. The van der Waals surface area contributed by atoms with Crippen molar-refractivity contribution in [3.8, 4) is 0 Å². The van der Waals surface area contributed by atoms with Gasteiger partial charge >= 0.3 is 6.09 Å². The van der Waals surface area contributed by atoms with E-state index in [1.54, 1.807) is 13.0 Å². The molecule has 0 aliphatic carbocycles. The summed E-state index contributed by atoms with van der Waals surface area (Å²) >= 11 is 5.97. The van der Waals surface area contributed by atoms with Gasteiger partial charge in [0, 0.05) is 17.3 Å². The van der Waals surface area contributed by atoms with E-state index in [0.29, 0.717) is 16.3 Å². The quantitative estimate of drug-likeness (QED) is 0.865. The molecule has 1 rings (SSSR count). The number of aliphatic hydroxyl groups is 1. The third-order valence-electron chi connectivity index (χ3n) is 3.48. The number of halogens is 1. The summed E-state index contributed by atoms with van der Waals surface area (Å²) in [4.78, 5) is 17.6. The number of carbonyl (C=O) groups is 1. The molecule has 5 nitrogen and oxygen atoms in total. The lowest BCUT2D eigenvalue weighted by atomic mass is 9.90. The number of hydrogen-bond acceptors (Lipinski definition) is 3. The first-order chi connectivity index (χ1) is 9.96. The van der Waals surface area contributed by atoms with E-state index in [1.807, 2.05) is 34.6 Å². The Labute approximate surface area is 136 Å². The van der Waals surface area contributed by atoms with E-state index >= 15 is 0 Å². The smallest absolute Gasteiger partial charge is 0.408 e. The van der Waals surface area contributed by atoms with E-state index in [4.69, 9.17) is 11.6 Å². The highest BCUT2D eigenvalue weighted by Gasteiger charge is 2.38. The summed E-state index contributed by atoms with van der Waals surface area (Å²) in [6, 6.07) is 1.17. The molecule has 1 aromatic rings. The molecule has 0 radical (unpaired) electrons. The lowest BCUT2D eigenvalue weighted by Gasteiger charge is -2.42. The fourth-order valence-electron chi connectivity index (χ4n) is 2.61. The van der Waals surface area contributed by atoms with Gasteiger partial charge in [0.2, 0.25) is 0 Å². The zero-order valence-corrected chi connectivity index (χ0v) is 14.7. The molecule has 6 heteroatoms. The summed E-state index contributed by atoms with van der Waals surface area (Å²) in [6.07, 6.45) is -0.307. The monoisotopic (exact) mass is 328 g/mol. The van der Waals surface area contributed by atoms with Crippen LogP contribution in [0.1, 0.15) is 64.9 Å². The number of carboxylic acid groups (broad SMARTS) is 1. The van der Waals surface area contributed by atoms with Gasteiger partial charge in [0.1, 0.15) is 0 Å². The topological polar surface area (TPSA) is 73.7 Å². The maximum Gasteiger partial charge on any atom is 0.408 e. The minimum atomic E-state index is -1.01. The van der Waals surface area contributed by atoms with Crippen LogP contribution in [0, 0.1) is 5.92 Å². The molecule has 1 amide bonds. The molecular weight excluding hydrogens is 304 g/mol. The Morgan fingerprint density at radius 2 is 1.86 bits per heavy atom. The number of pyridine rings is 1. The second-order valence-corrected chi connectivity index (χ2v) is 7.25. The number of aliphatic hydroxyl groups excluding tert-OH is 1. The first-order valence-electron chi connectivity index (χ1n) is 7.32. The Kier molecular flexibility index (Phi) is 5.82. The Hall–Kier alpha value is -1.33. The Morgan fingerprint density at radius 1 is 1.32 bits per heavy atom. The minimum Gasteiger partial charge on any atom is -0.465 e. The fourth-order valence-corrected chi connectivity index (χ4v) is 2.77. The van der Waals surface area contributed by atoms with Crippen molar-refractivity contribution in [1.29, 1.82) is 0 Å². The van der Waals surface area contributed by atoms with E-state index in [9.17, 15) is 15.0 Å². The van der Waals surface area contributed by atoms with Crippen LogP contribution in [0.3, 0.4) is 0 Å². The molecule has 2 N–H and O–H groups in total. The first-order valence-corrected chi connectivity index (χ1v) is 7.70. The van der Waals surface area contributed by atoms with Gasteiger partial charge in [-0.2, -0.15) is 0 Å². The Morgan fingerprint density at radius 3 is 2.23 bits per heavy atom. The van der Waals surface area contributed by atoms with Crippen LogP contribution in [-0.2, 0) is 0 Å². The lowest BCUT2D eigenvalue weighted by molar-refractivity contribution is 0.0503. The molecule has 1 aromatic heterocycles. The second-order valence-electron chi connectivity index (χ2n) is 6.82. The summed E-state index contributed by atoms with van der Waals surface area (Å²) in [7, 11) is 0. The SMILES string of the molecule is CC(O)c1cc(Cl)cnc1[C@H](C(C)C)N(C(=O)O)C(C)(C)C. The van der Waals surface area contributed by atoms with Gasteiger partial charge in [-0.05, 0) is 39.7 Å². The highest BCUT2D eigenvalue weighted by molar-refractivity contribution is 6.30. The van der Waals surface area contributed by atoms with Gasteiger partial charge in [0.15, 0.2) is 0 Å². The van der Waals surface area contributed by atoms with Gasteiger partial charge in [-0.3, -0.25) is 9.88 Å². The Balaban J connectivity index is 3.53. The van der Waals surface area contributed by atoms with Gasteiger partial charge in [-0.15, -0.1) is 0 Å². The average Bonchev–Trinajstić information content (AvgIpc) is 2.33. The van der Waals surface area contributed by atoms with Crippen molar-refractivity contribution < 1.29 is 15.0 Å². The maximum absolute atomic E-state index is 11.8. The largest absolute Gasteiger partial charge is 0.465 e. The van der Waals surface area contributed by atoms with Gasteiger partial charge in [0.05, 0.1) is 22.9 Å². The van der Waals surface area contributed by atoms with Crippen LogP contribution in [-0.4, -0.2) is 31.7 Å². The minimum absolute atomic E-state index is 0.0125. The number of aromatic nitrogens is 1. The van der Waals surface area contributed by atoms with Crippen molar-refractivity contribution in [2.24, 2.45) is 5.92 Å².